The fraction of sp³-hybridized carbons (Fsp3) is 0.350. The highest BCUT2D eigenvalue weighted by atomic mass is 16.5. The predicted octanol–water partition coefficient (Wildman–Crippen LogP) is 3.94. The Balaban J connectivity index is 1.84. The number of carbonyl (C=O) groups excluding carboxylic acids is 2. The van der Waals surface area contributed by atoms with Gasteiger partial charge < -0.3 is 14.5 Å². The van der Waals surface area contributed by atoms with E-state index in [0.29, 0.717) is 17.8 Å². The van der Waals surface area contributed by atoms with Crippen LogP contribution in [0.4, 0.5) is 10.5 Å². The number of amides is 2. The number of hydrogen-bond donors (Lipinski definition) is 2. The maximum atomic E-state index is 12.7. The van der Waals surface area contributed by atoms with Crippen molar-refractivity contribution in [1.82, 2.24) is 5.43 Å². The molecule has 7 nitrogen and oxygen atoms in total. The summed E-state index contributed by atoms with van der Waals surface area (Å²) in [6.45, 7) is 5.80. The molecule has 0 saturated carbocycles. The Bertz CT molecular complexity index is 899. The van der Waals surface area contributed by atoms with E-state index in [9.17, 15) is 9.59 Å². The van der Waals surface area contributed by atoms with Crippen LogP contribution in [-0.4, -0.2) is 24.3 Å². The molecule has 1 aliphatic carbocycles. The van der Waals surface area contributed by atoms with Gasteiger partial charge >= 0.3 is 6.09 Å². The minimum atomic E-state index is -0.601. The van der Waals surface area contributed by atoms with Gasteiger partial charge in [0.05, 0.1) is 12.3 Å². The number of anilines is 1. The van der Waals surface area contributed by atoms with Gasteiger partial charge in [-0.1, -0.05) is 12.1 Å². The molecule has 27 heavy (non-hydrogen) atoms. The van der Waals surface area contributed by atoms with Crippen molar-refractivity contribution in [2.75, 3.05) is 11.9 Å². The average molecular weight is 369 g/mol. The molecule has 1 heterocycles. The molecule has 2 N–H and O–H groups in total. The van der Waals surface area contributed by atoms with E-state index in [2.05, 4.69) is 15.8 Å². The number of fused-ring (bicyclic) bond motifs is 1. The Morgan fingerprint density at radius 1 is 1.26 bits per heavy atom. The number of hydrogen-bond acceptors (Lipinski definition) is 5. The number of nitrogens with one attached hydrogen (secondary N) is 2. The SMILES string of the molecule is CCOC(=O)N/N=C1\CCCc2oc(C(=O)Nc3cccc(C)c3)c(C)c21. The van der Waals surface area contributed by atoms with E-state index in [-0.39, 0.29) is 18.3 Å². The van der Waals surface area contributed by atoms with Gasteiger partial charge in [0.2, 0.25) is 0 Å². The standard InChI is InChI=1S/C20H23N3O4/c1-4-26-20(25)23-22-15-9-6-10-16-17(15)13(3)18(27-16)19(24)21-14-8-5-7-12(2)11-14/h5,7-8,11H,4,6,9-10H2,1-3H3,(H,21,24)(H,23,25)/b22-15+. The number of rotatable bonds is 4. The van der Waals surface area contributed by atoms with Crippen molar-refractivity contribution in [3.05, 3.63) is 52.5 Å². The largest absolute Gasteiger partial charge is 0.455 e. The summed E-state index contributed by atoms with van der Waals surface area (Å²) >= 11 is 0. The van der Waals surface area contributed by atoms with E-state index in [4.69, 9.17) is 9.15 Å². The maximum Gasteiger partial charge on any atom is 0.427 e. The smallest absolute Gasteiger partial charge is 0.427 e. The molecule has 1 aromatic carbocycles. The van der Waals surface area contributed by atoms with Gasteiger partial charge in [-0.15, -0.1) is 0 Å². The van der Waals surface area contributed by atoms with E-state index >= 15 is 0 Å². The first-order chi connectivity index (χ1) is 13.0. The van der Waals surface area contributed by atoms with Crippen LogP contribution in [0.5, 0.6) is 0 Å². The zero-order valence-corrected chi connectivity index (χ0v) is 15.7. The normalized spacial score (nSPS) is 14.6. The Morgan fingerprint density at radius 3 is 2.81 bits per heavy atom. The zero-order valence-electron chi connectivity index (χ0n) is 15.7. The number of furan rings is 1. The Morgan fingerprint density at radius 2 is 2.07 bits per heavy atom. The average Bonchev–Trinajstić information content (AvgIpc) is 2.98. The second-order valence-corrected chi connectivity index (χ2v) is 6.42. The Hall–Kier alpha value is -3.09. The molecule has 142 valence electrons. The van der Waals surface area contributed by atoms with E-state index in [1.807, 2.05) is 38.1 Å². The summed E-state index contributed by atoms with van der Waals surface area (Å²) in [6, 6.07) is 7.58. The summed E-state index contributed by atoms with van der Waals surface area (Å²) in [5, 5.41) is 7.04. The van der Waals surface area contributed by atoms with Crippen molar-refractivity contribution in [2.45, 2.75) is 40.0 Å². The molecule has 0 bridgehead atoms. The number of ether oxygens (including phenoxy) is 1. The van der Waals surface area contributed by atoms with Crippen LogP contribution >= 0.6 is 0 Å². The number of hydrazone groups is 1. The molecule has 7 heteroatoms. The van der Waals surface area contributed by atoms with Crippen molar-refractivity contribution >= 4 is 23.4 Å². The Labute approximate surface area is 157 Å². The van der Waals surface area contributed by atoms with Crippen molar-refractivity contribution < 1.29 is 18.7 Å². The van der Waals surface area contributed by atoms with Crippen molar-refractivity contribution in [3.63, 3.8) is 0 Å². The highest BCUT2D eigenvalue weighted by Crippen LogP contribution is 2.30. The summed E-state index contributed by atoms with van der Waals surface area (Å²) in [7, 11) is 0. The molecule has 0 aliphatic heterocycles. The quantitative estimate of drug-likeness (QED) is 0.799. The van der Waals surface area contributed by atoms with Crippen LogP contribution in [0.1, 0.15) is 52.8 Å². The van der Waals surface area contributed by atoms with Gasteiger partial charge in [0.25, 0.3) is 5.91 Å². The first-order valence-electron chi connectivity index (χ1n) is 8.99. The highest BCUT2D eigenvalue weighted by Gasteiger charge is 2.28. The molecule has 1 aliphatic rings. The molecule has 3 rings (SSSR count). The highest BCUT2D eigenvalue weighted by molar-refractivity contribution is 6.09. The third kappa shape index (κ3) is 4.19. The van der Waals surface area contributed by atoms with Gasteiger partial charge in [0.1, 0.15) is 5.76 Å². The molecule has 0 atom stereocenters. The van der Waals surface area contributed by atoms with Gasteiger partial charge in [-0.2, -0.15) is 5.10 Å². The number of nitrogens with zero attached hydrogens (tertiary/aromatic N) is 1. The number of benzene rings is 1. The lowest BCUT2D eigenvalue weighted by Crippen LogP contribution is -2.22. The number of carbonyl (C=O) groups is 2. The molecule has 0 unspecified atom stereocenters. The van der Waals surface area contributed by atoms with Crippen LogP contribution in [0.2, 0.25) is 0 Å². The van der Waals surface area contributed by atoms with Crippen LogP contribution < -0.4 is 10.7 Å². The van der Waals surface area contributed by atoms with Crippen LogP contribution in [0.15, 0.2) is 33.8 Å². The van der Waals surface area contributed by atoms with Gasteiger partial charge in [-0.3, -0.25) is 4.79 Å². The summed E-state index contributed by atoms with van der Waals surface area (Å²) in [4.78, 5) is 24.2. The second kappa shape index (κ2) is 8.07. The van der Waals surface area contributed by atoms with Crippen LogP contribution in [0.25, 0.3) is 0 Å². The van der Waals surface area contributed by atoms with E-state index < -0.39 is 6.09 Å². The second-order valence-electron chi connectivity index (χ2n) is 6.42. The molecule has 1 aromatic heterocycles. The van der Waals surface area contributed by atoms with Crippen LogP contribution in [-0.2, 0) is 11.2 Å². The van der Waals surface area contributed by atoms with Crippen molar-refractivity contribution in [2.24, 2.45) is 5.10 Å². The summed E-state index contributed by atoms with van der Waals surface area (Å²) in [6.07, 6.45) is 1.66. The first-order valence-corrected chi connectivity index (χ1v) is 8.99. The predicted molar refractivity (Wildman–Crippen MR) is 102 cm³/mol. The molecule has 0 saturated heterocycles. The minimum Gasteiger partial charge on any atom is -0.455 e. The summed E-state index contributed by atoms with van der Waals surface area (Å²) in [5.74, 6) is 0.690. The van der Waals surface area contributed by atoms with Crippen molar-refractivity contribution in [3.8, 4) is 0 Å². The van der Waals surface area contributed by atoms with Gasteiger partial charge in [0.15, 0.2) is 5.76 Å². The molecule has 2 amide bonds. The van der Waals surface area contributed by atoms with Crippen LogP contribution in [0.3, 0.4) is 0 Å². The monoisotopic (exact) mass is 369 g/mol. The van der Waals surface area contributed by atoms with E-state index in [1.165, 1.54) is 0 Å². The van der Waals surface area contributed by atoms with Crippen molar-refractivity contribution in [1.29, 1.82) is 0 Å². The fourth-order valence-electron chi connectivity index (χ4n) is 3.18. The van der Waals surface area contributed by atoms with Gasteiger partial charge in [0, 0.05) is 23.2 Å². The number of aryl methyl sites for hydroxylation is 2. The Kier molecular flexibility index (Phi) is 5.59. The third-order valence-electron chi connectivity index (χ3n) is 4.37. The lowest BCUT2D eigenvalue weighted by atomic mass is 9.93. The molecule has 0 fully saturated rings. The topological polar surface area (TPSA) is 92.9 Å². The lowest BCUT2D eigenvalue weighted by molar-refractivity contribution is 0.0994. The molecular formula is C20H23N3O4. The van der Waals surface area contributed by atoms with Gasteiger partial charge in [-0.05, 0) is 51.3 Å². The van der Waals surface area contributed by atoms with Gasteiger partial charge in [-0.25, -0.2) is 10.2 Å². The fourth-order valence-corrected chi connectivity index (χ4v) is 3.18. The summed E-state index contributed by atoms with van der Waals surface area (Å²) in [5.41, 5.74) is 6.38. The molecule has 0 radical (unpaired) electrons. The summed E-state index contributed by atoms with van der Waals surface area (Å²) < 4.78 is 10.7. The lowest BCUT2D eigenvalue weighted by Gasteiger charge is -2.13. The zero-order chi connectivity index (χ0) is 19.4. The molecule has 0 spiro atoms. The first kappa shape index (κ1) is 18.7. The molecule has 2 aromatic rings. The molecular weight excluding hydrogens is 346 g/mol. The van der Waals surface area contributed by atoms with E-state index in [1.54, 1.807) is 6.92 Å². The van der Waals surface area contributed by atoms with Crippen LogP contribution in [0, 0.1) is 13.8 Å². The third-order valence-corrected chi connectivity index (χ3v) is 4.37. The maximum absolute atomic E-state index is 12.7. The van der Waals surface area contributed by atoms with E-state index in [0.717, 1.165) is 35.3 Å². The minimum absolute atomic E-state index is 0.271.